The third-order valence-electron chi connectivity index (χ3n) is 2.15. The summed E-state index contributed by atoms with van der Waals surface area (Å²) < 4.78 is 25.4. The number of aliphatic hydroxyl groups is 1. The molecule has 7 nitrogen and oxygen atoms in total. The first-order chi connectivity index (χ1) is 8.05. The lowest BCUT2D eigenvalue weighted by atomic mass is 10.1. The number of likely N-dealkylation sites (tertiary alicyclic amines) is 1. The summed E-state index contributed by atoms with van der Waals surface area (Å²) >= 11 is 0. The smallest absolute Gasteiger partial charge is 0.265 e. The topological polar surface area (TPSA) is 95.0 Å². The van der Waals surface area contributed by atoms with E-state index in [1.165, 1.54) is 6.33 Å². The van der Waals surface area contributed by atoms with E-state index in [9.17, 15) is 13.6 Å². The molecule has 1 aliphatic rings. The van der Waals surface area contributed by atoms with Crippen LogP contribution in [0.15, 0.2) is 6.33 Å². The van der Waals surface area contributed by atoms with Crippen molar-refractivity contribution in [1.29, 1.82) is 0 Å². The van der Waals surface area contributed by atoms with Crippen LogP contribution in [0.4, 0.5) is 8.78 Å². The average molecular weight is 249 g/mol. The molecule has 0 atom stereocenters. The molecule has 1 amide bonds. The fourth-order valence-electron chi connectivity index (χ4n) is 1.41. The number of aliphatic hydroxyl groups excluding tert-OH is 1. The number of rotatable bonds is 1. The molecule has 17 heavy (non-hydrogen) atoms. The van der Waals surface area contributed by atoms with Gasteiger partial charge in [-0.15, -0.1) is 10.2 Å². The number of aromatic amines is 1. The lowest BCUT2D eigenvalue weighted by Gasteiger charge is -2.31. The largest absolute Gasteiger partial charge is 0.387 e. The fraction of sp³-hybridized carbons (Fsp3) is 0.750. The molecule has 2 heterocycles. The molecule has 1 aliphatic heterocycles. The van der Waals surface area contributed by atoms with Crippen molar-refractivity contribution >= 4 is 5.91 Å². The molecule has 2 N–H and O–H groups in total. The first kappa shape index (κ1) is 13.4. The molecule has 0 bridgehead atoms. The van der Waals surface area contributed by atoms with Gasteiger partial charge in [0.1, 0.15) is 6.61 Å². The van der Waals surface area contributed by atoms with Gasteiger partial charge >= 0.3 is 0 Å². The quantitative estimate of drug-likeness (QED) is 0.695. The molecular formula is C8H13F2N5O2. The Hall–Kier alpha value is -1.64. The molecule has 0 saturated carbocycles. The zero-order chi connectivity index (χ0) is 12.7. The van der Waals surface area contributed by atoms with Crippen molar-refractivity contribution in [2.75, 3.05) is 19.7 Å². The monoisotopic (exact) mass is 249 g/mol. The lowest BCUT2D eigenvalue weighted by molar-refractivity contribution is -0.144. The maximum Gasteiger partial charge on any atom is 0.265 e. The molecule has 1 fully saturated rings. The van der Waals surface area contributed by atoms with E-state index in [2.05, 4.69) is 20.6 Å². The molecule has 0 spiro atoms. The summed E-state index contributed by atoms with van der Waals surface area (Å²) in [6.07, 6.45) is 1.47. The Morgan fingerprint density at radius 3 is 2.76 bits per heavy atom. The third-order valence-corrected chi connectivity index (χ3v) is 2.15. The van der Waals surface area contributed by atoms with E-state index in [0.717, 1.165) is 4.90 Å². The first-order valence-electron chi connectivity index (χ1n) is 4.98. The summed E-state index contributed by atoms with van der Waals surface area (Å²) in [6, 6.07) is 0. The van der Waals surface area contributed by atoms with E-state index in [4.69, 9.17) is 5.11 Å². The molecule has 1 aromatic rings. The van der Waals surface area contributed by atoms with Gasteiger partial charge < -0.3 is 10.0 Å². The molecule has 2 rings (SSSR count). The Morgan fingerprint density at radius 2 is 2.35 bits per heavy atom. The zero-order valence-electron chi connectivity index (χ0n) is 9.01. The molecule has 0 unspecified atom stereocenters. The summed E-state index contributed by atoms with van der Waals surface area (Å²) in [5.74, 6) is -3.39. The Kier molecular flexibility index (Phi) is 4.88. The molecule has 0 aromatic carbocycles. The lowest BCUT2D eigenvalue weighted by Crippen LogP contribution is -2.46. The predicted octanol–water partition coefficient (Wildman–Crippen LogP) is -0.564. The van der Waals surface area contributed by atoms with Gasteiger partial charge in [-0.1, -0.05) is 5.21 Å². The molecule has 9 heteroatoms. The summed E-state index contributed by atoms with van der Waals surface area (Å²) in [6.45, 7) is -0.905. The Bertz CT molecular complexity index is 315. The van der Waals surface area contributed by atoms with Crippen molar-refractivity contribution in [1.82, 2.24) is 25.5 Å². The Labute approximate surface area is 95.8 Å². The Balaban J connectivity index is 0.000000239. The normalized spacial score (nSPS) is 18.2. The van der Waals surface area contributed by atoms with Crippen molar-refractivity contribution in [2.24, 2.45) is 0 Å². The third kappa shape index (κ3) is 4.81. The molecule has 1 aromatic heterocycles. The highest BCUT2D eigenvalue weighted by Gasteiger charge is 2.36. The van der Waals surface area contributed by atoms with Crippen LogP contribution in [0, 0.1) is 0 Å². The van der Waals surface area contributed by atoms with Gasteiger partial charge in [0.2, 0.25) is 5.91 Å². The zero-order valence-corrected chi connectivity index (χ0v) is 9.01. The number of hydrogen-bond donors (Lipinski definition) is 2. The minimum absolute atomic E-state index is 0.164. The summed E-state index contributed by atoms with van der Waals surface area (Å²) in [5.41, 5.74) is 0. The fourth-order valence-corrected chi connectivity index (χ4v) is 1.41. The van der Waals surface area contributed by atoms with Crippen LogP contribution < -0.4 is 0 Å². The molecule has 1 saturated heterocycles. The minimum atomic E-state index is -2.77. The number of H-pyrrole nitrogens is 1. The van der Waals surface area contributed by atoms with Gasteiger partial charge in [0.15, 0.2) is 6.33 Å². The van der Waals surface area contributed by atoms with Gasteiger partial charge in [-0.2, -0.15) is 5.21 Å². The molecule has 0 aliphatic carbocycles. The van der Waals surface area contributed by atoms with Crippen molar-refractivity contribution in [3.8, 4) is 0 Å². The van der Waals surface area contributed by atoms with Crippen LogP contribution >= 0.6 is 0 Å². The number of carbonyl (C=O) groups is 1. The maximum atomic E-state index is 12.7. The number of aromatic nitrogens is 4. The van der Waals surface area contributed by atoms with Gasteiger partial charge in [0.05, 0.1) is 6.54 Å². The van der Waals surface area contributed by atoms with Gasteiger partial charge in [-0.25, -0.2) is 8.78 Å². The van der Waals surface area contributed by atoms with Crippen LogP contribution in [0.3, 0.4) is 0 Å². The van der Waals surface area contributed by atoms with Gasteiger partial charge in [-0.3, -0.25) is 4.79 Å². The predicted molar refractivity (Wildman–Crippen MR) is 52.0 cm³/mol. The van der Waals surface area contributed by atoms with Crippen molar-refractivity contribution in [3.63, 3.8) is 0 Å². The van der Waals surface area contributed by atoms with E-state index in [1.54, 1.807) is 0 Å². The minimum Gasteiger partial charge on any atom is -0.387 e. The highest BCUT2D eigenvalue weighted by molar-refractivity contribution is 5.77. The van der Waals surface area contributed by atoms with E-state index >= 15 is 0 Å². The summed E-state index contributed by atoms with van der Waals surface area (Å²) in [4.78, 5) is 11.8. The maximum absolute atomic E-state index is 12.7. The van der Waals surface area contributed by atoms with E-state index in [-0.39, 0.29) is 6.42 Å². The Morgan fingerprint density at radius 1 is 1.59 bits per heavy atom. The number of carbonyl (C=O) groups excluding carboxylic acids is 1. The number of nitrogens with zero attached hydrogens (tertiary/aromatic N) is 4. The molecule has 96 valence electrons. The van der Waals surface area contributed by atoms with Crippen LogP contribution in [-0.2, 0) is 4.79 Å². The SMILES string of the molecule is O=C(CO)N1CCCC(F)(F)C1.c1nn[nH]n1. The van der Waals surface area contributed by atoms with E-state index in [0.29, 0.717) is 13.0 Å². The second-order valence-corrected chi connectivity index (χ2v) is 3.49. The number of amides is 1. The summed E-state index contributed by atoms with van der Waals surface area (Å²) in [5, 5.41) is 20.6. The number of tetrazole rings is 1. The van der Waals surface area contributed by atoms with Crippen molar-refractivity contribution in [2.45, 2.75) is 18.8 Å². The molecular weight excluding hydrogens is 236 g/mol. The van der Waals surface area contributed by atoms with Crippen LogP contribution in [0.1, 0.15) is 12.8 Å². The number of nitrogens with one attached hydrogen (secondary N) is 1. The van der Waals surface area contributed by atoms with Crippen molar-refractivity contribution < 1.29 is 18.7 Å². The number of alkyl halides is 2. The van der Waals surface area contributed by atoms with Gasteiger partial charge in [0.25, 0.3) is 5.92 Å². The highest BCUT2D eigenvalue weighted by atomic mass is 19.3. The van der Waals surface area contributed by atoms with E-state index < -0.39 is 25.0 Å². The van der Waals surface area contributed by atoms with Gasteiger partial charge in [-0.05, 0) is 6.42 Å². The number of hydrogen-bond acceptors (Lipinski definition) is 5. The first-order valence-corrected chi connectivity index (χ1v) is 4.98. The van der Waals surface area contributed by atoms with Gasteiger partial charge in [0, 0.05) is 13.0 Å². The highest BCUT2D eigenvalue weighted by Crippen LogP contribution is 2.26. The van der Waals surface area contributed by atoms with Crippen LogP contribution in [0.2, 0.25) is 0 Å². The average Bonchev–Trinajstić information content (AvgIpc) is 2.85. The van der Waals surface area contributed by atoms with E-state index in [1.807, 2.05) is 0 Å². The van der Waals surface area contributed by atoms with Crippen molar-refractivity contribution in [3.05, 3.63) is 6.33 Å². The van der Waals surface area contributed by atoms with Crippen LogP contribution in [0.5, 0.6) is 0 Å². The molecule has 0 radical (unpaired) electrons. The van der Waals surface area contributed by atoms with Crippen LogP contribution in [0.25, 0.3) is 0 Å². The number of halogens is 2. The summed E-state index contributed by atoms with van der Waals surface area (Å²) in [7, 11) is 0. The second-order valence-electron chi connectivity index (χ2n) is 3.49. The van der Waals surface area contributed by atoms with Crippen LogP contribution in [-0.4, -0.2) is 62.2 Å². The number of piperidine rings is 1. The second kappa shape index (κ2) is 6.18. The standard InChI is InChI=1S/C7H11F2NO2.CH2N4/c8-7(9)2-1-3-10(5-7)6(12)4-11;1-2-4-5-3-1/h11H,1-5H2;1H,(H,2,3,4,5).